The topological polar surface area (TPSA) is 108 Å². The summed E-state index contributed by atoms with van der Waals surface area (Å²) in [6.45, 7) is 2.02. The van der Waals surface area contributed by atoms with E-state index in [4.69, 9.17) is 16.3 Å². The fourth-order valence-corrected chi connectivity index (χ4v) is 5.80. The Hall–Kier alpha value is -3.53. The van der Waals surface area contributed by atoms with Crippen LogP contribution in [-0.4, -0.2) is 75.1 Å². The average molecular weight is 548 g/mol. The van der Waals surface area contributed by atoms with Gasteiger partial charge in [-0.05, 0) is 42.0 Å². The number of aliphatic hydroxyl groups is 1. The molecule has 6 rings (SSSR count). The smallest absolute Gasteiger partial charge is 0.254 e. The predicted octanol–water partition coefficient (Wildman–Crippen LogP) is 3.29. The standard InChI is InChI=1S/C29H30ClN5O4/c30-25-13-31-29(32-22-7-9-39-10-8-22)33-27(25)19-5-6-21-14-34(28(38)24(21)12-19)16-26(37)35-15-20-4-2-1-3-18(20)11-23(35)17-36/h1-6,12-13,22-23,36H,7-11,14-17H2,(H,31,32,33)/t23-/m0/s1. The number of hydrogen-bond acceptors (Lipinski definition) is 7. The lowest BCUT2D eigenvalue weighted by Crippen LogP contribution is -2.49. The maximum atomic E-state index is 13.4. The SMILES string of the molecule is O=C1c2cc(-c3nc(NC4CCOCC4)ncc3Cl)ccc2CN1CC(=O)N1Cc2ccccc2C[C@H]1CO. The van der Waals surface area contributed by atoms with Gasteiger partial charge < -0.3 is 25.0 Å². The molecule has 1 saturated heterocycles. The highest BCUT2D eigenvalue weighted by molar-refractivity contribution is 6.33. The van der Waals surface area contributed by atoms with Gasteiger partial charge in [0.05, 0.1) is 29.6 Å². The molecule has 2 aromatic carbocycles. The van der Waals surface area contributed by atoms with E-state index in [1.165, 1.54) is 0 Å². The normalized spacial score (nSPS) is 19.1. The summed E-state index contributed by atoms with van der Waals surface area (Å²) < 4.78 is 5.42. The molecule has 0 aliphatic carbocycles. The highest BCUT2D eigenvalue weighted by atomic mass is 35.5. The third-order valence-corrected chi connectivity index (χ3v) is 8.05. The van der Waals surface area contributed by atoms with Gasteiger partial charge in [0, 0.05) is 43.5 Å². The molecule has 10 heteroatoms. The van der Waals surface area contributed by atoms with E-state index in [2.05, 4.69) is 15.3 Å². The second-order valence-corrected chi connectivity index (χ2v) is 10.7. The number of rotatable bonds is 6. The zero-order valence-corrected chi connectivity index (χ0v) is 22.2. The first-order chi connectivity index (χ1) is 19.0. The molecule has 3 aliphatic rings. The lowest BCUT2D eigenvalue weighted by Gasteiger charge is -2.36. The third kappa shape index (κ3) is 5.22. The number of anilines is 1. The van der Waals surface area contributed by atoms with Gasteiger partial charge in [0.1, 0.15) is 6.54 Å². The molecule has 4 heterocycles. The van der Waals surface area contributed by atoms with Gasteiger partial charge in [-0.2, -0.15) is 0 Å². The Labute approximate surface area is 231 Å². The second kappa shape index (κ2) is 10.9. The fraction of sp³-hybridized carbons (Fsp3) is 0.379. The van der Waals surface area contributed by atoms with Crippen LogP contribution in [0, 0.1) is 0 Å². The molecular weight excluding hydrogens is 518 g/mol. The summed E-state index contributed by atoms with van der Waals surface area (Å²) in [6.07, 6.45) is 3.93. The Bertz CT molecular complexity index is 1410. The van der Waals surface area contributed by atoms with Crippen LogP contribution in [0.15, 0.2) is 48.7 Å². The Morgan fingerprint density at radius 1 is 1.10 bits per heavy atom. The molecule has 0 bridgehead atoms. The maximum absolute atomic E-state index is 13.4. The van der Waals surface area contributed by atoms with Gasteiger partial charge in [-0.15, -0.1) is 0 Å². The molecule has 3 aromatic rings. The first-order valence-corrected chi connectivity index (χ1v) is 13.6. The van der Waals surface area contributed by atoms with Gasteiger partial charge in [0.2, 0.25) is 11.9 Å². The van der Waals surface area contributed by atoms with E-state index < -0.39 is 0 Å². The van der Waals surface area contributed by atoms with Gasteiger partial charge in [-0.3, -0.25) is 9.59 Å². The summed E-state index contributed by atoms with van der Waals surface area (Å²) >= 11 is 6.47. The van der Waals surface area contributed by atoms with Crippen molar-refractivity contribution in [1.82, 2.24) is 19.8 Å². The van der Waals surface area contributed by atoms with Crippen molar-refractivity contribution >= 4 is 29.4 Å². The van der Waals surface area contributed by atoms with Crippen LogP contribution in [0.25, 0.3) is 11.3 Å². The van der Waals surface area contributed by atoms with Crippen molar-refractivity contribution in [3.8, 4) is 11.3 Å². The number of carbonyl (C=O) groups excluding carboxylic acids is 2. The molecule has 1 aromatic heterocycles. The average Bonchev–Trinajstić information content (AvgIpc) is 3.27. The second-order valence-electron chi connectivity index (χ2n) is 10.3. The number of halogens is 1. The number of carbonyl (C=O) groups is 2. The number of nitrogens with zero attached hydrogens (tertiary/aromatic N) is 4. The van der Waals surface area contributed by atoms with Crippen LogP contribution in [0.1, 0.15) is 39.9 Å². The molecule has 1 atom stereocenters. The molecule has 39 heavy (non-hydrogen) atoms. The summed E-state index contributed by atoms with van der Waals surface area (Å²) in [5.74, 6) is 0.110. The Morgan fingerprint density at radius 2 is 1.90 bits per heavy atom. The Balaban J connectivity index is 1.18. The van der Waals surface area contributed by atoms with Crippen LogP contribution in [0.2, 0.25) is 5.02 Å². The van der Waals surface area contributed by atoms with Crippen molar-refractivity contribution in [1.29, 1.82) is 0 Å². The highest BCUT2D eigenvalue weighted by Crippen LogP contribution is 2.32. The summed E-state index contributed by atoms with van der Waals surface area (Å²) in [4.78, 5) is 38.9. The van der Waals surface area contributed by atoms with Gasteiger partial charge in [0.25, 0.3) is 5.91 Å². The van der Waals surface area contributed by atoms with Crippen LogP contribution in [-0.2, 0) is 29.0 Å². The molecule has 3 aliphatic heterocycles. The quantitative estimate of drug-likeness (QED) is 0.487. The summed E-state index contributed by atoms with van der Waals surface area (Å²) in [7, 11) is 0. The van der Waals surface area contributed by atoms with Crippen molar-refractivity contribution in [3.05, 3.63) is 75.9 Å². The third-order valence-electron chi connectivity index (χ3n) is 7.77. The minimum atomic E-state index is -0.303. The summed E-state index contributed by atoms with van der Waals surface area (Å²) in [5.41, 5.74) is 4.87. The lowest BCUT2D eigenvalue weighted by atomic mass is 9.94. The van der Waals surface area contributed by atoms with E-state index in [0.29, 0.717) is 60.5 Å². The molecule has 0 spiro atoms. The molecule has 0 unspecified atom stereocenters. The number of nitrogens with one attached hydrogen (secondary N) is 1. The van der Waals surface area contributed by atoms with Crippen molar-refractivity contribution in [2.24, 2.45) is 0 Å². The van der Waals surface area contributed by atoms with Gasteiger partial charge in [0.15, 0.2) is 0 Å². The first-order valence-electron chi connectivity index (χ1n) is 13.3. The number of hydrogen-bond donors (Lipinski definition) is 2. The minimum absolute atomic E-state index is 0.0467. The largest absolute Gasteiger partial charge is 0.394 e. The van der Waals surface area contributed by atoms with Crippen LogP contribution >= 0.6 is 11.6 Å². The molecule has 1 fully saturated rings. The molecule has 9 nitrogen and oxygen atoms in total. The molecule has 2 amide bonds. The predicted molar refractivity (Wildman–Crippen MR) is 146 cm³/mol. The van der Waals surface area contributed by atoms with Crippen LogP contribution < -0.4 is 5.32 Å². The van der Waals surface area contributed by atoms with Crippen LogP contribution in [0.4, 0.5) is 5.95 Å². The molecule has 0 saturated carbocycles. The summed E-state index contributed by atoms with van der Waals surface area (Å²) in [6, 6.07) is 13.5. The number of aliphatic hydroxyl groups excluding tert-OH is 1. The van der Waals surface area contributed by atoms with Gasteiger partial charge in [-0.1, -0.05) is 48.0 Å². The number of ether oxygens (including phenoxy) is 1. The van der Waals surface area contributed by atoms with Gasteiger partial charge >= 0.3 is 0 Å². The van der Waals surface area contributed by atoms with Crippen LogP contribution in [0.3, 0.4) is 0 Å². The van der Waals surface area contributed by atoms with E-state index >= 15 is 0 Å². The van der Waals surface area contributed by atoms with E-state index in [1.807, 2.05) is 36.4 Å². The van der Waals surface area contributed by atoms with Crippen LogP contribution in [0.5, 0.6) is 0 Å². The van der Waals surface area contributed by atoms with Crippen molar-refractivity contribution in [2.75, 3.05) is 31.7 Å². The van der Waals surface area contributed by atoms with Crippen molar-refractivity contribution < 1.29 is 19.4 Å². The number of aromatic nitrogens is 2. The Kier molecular flexibility index (Phi) is 7.20. The van der Waals surface area contributed by atoms with E-state index in [-0.39, 0.29) is 37.0 Å². The maximum Gasteiger partial charge on any atom is 0.254 e. The zero-order valence-electron chi connectivity index (χ0n) is 21.5. The summed E-state index contributed by atoms with van der Waals surface area (Å²) in [5, 5.41) is 13.7. The zero-order chi connectivity index (χ0) is 26.9. The van der Waals surface area contributed by atoms with E-state index in [0.717, 1.165) is 29.5 Å². The van der Waals surface area contributed by atoms with Crippen molar-refractivity contribution in [3.63, 3.8) is 0 Å². The minimum Gasteiger partial charge on any atom is -0.394 e. The van der Waals surface area contributed by atoms with Gasteiger partial charge in [-0.25, -0.2) is 9.97 Å². The van der Waals surface area contributed by atoms with E-state index in [1.54, 1.807) is 22.1 Å². The highest BCUT2D eigenvalue weighted by Gasteiger charge is 2.34. The number of amides is 2. The van der Waals surface area contributed by atoms with E-state index in [9.17, 15) is 14.7 Å². The number of benzene rings is 2. The lowest BCUT2D eigenvalue weighted by molar-refractivity contribution is -0.136. The molecule has 202 valence electrons. The monoisotopic (exact) mass is 547 g/mol. The Morgan fingerprint density at radius 3 is 2.69 bits per heavy atom. The first kappa shape index (κ1) is 25.7. The fourth-order valence-electron chi connectivity index (χ4n) is 5.60. The molecule has 0 radical (unpaired) electrons. The molecule has 2 N–H and O–H groups in total. The number of fused-ring (bicyclic) bond motifs is 2. The molecular formula is C29H30ClN5O4. The van der Waals surface area contributed by atoms with Crippen molar-refractivity contribution in [2.45, 2.75) is 44.4 Å².